The number of aromatic nitrogens is 3. The molecule has 1 saturated heterocycles. The van der Waals surface area contributed by atoms with Gasteiger partial charge in [-0.1, -0.05) is 35.0 Å². The Morgan fingerprint density at radius 2 is 2.10 bits per heavy atom. The van der Waals surface area contributed by atoms with Crippen molar-refractivity contribution in [2.45, 2.75) is 37.6 Å². The maximum absolute atomic E-state index is 12.4. The summed E-state index contributed by atoms with van der Waals surface area (Å²) in [6.07, 6.45) is 2.22. The van der Waals surface area contributed by atoms with Crippen LogP contribution in [0.25, 0.3) is 11.4 Å². The Labute approximate surface area is 192 Å². The molecule has 0 aliphatic carbocycles. The van der Waals surface area contributed by atoms with Crippen molar-refractivity contribution in [3.8, 4) is 11.4 Å². The van der Waals surface area contributed by atoms with Gasteiger partial charge in [0.1, 0.15) is 0 Å². The van der Waals surface area contributed by atoms with Crippen LogP contribution in [0.2, 0.25) is 10.0 Å². The van der Waals surface area contributed by atoms with Gasteiger partial charge in [0.15, 0.2) is 11.0 Å². The second-order valence-electron chi connectivity index (χ2n) is 6.99. The van der Waals surface area contributed by atoms with E-state index in [0.29, 0.717) is 27.4 Å². The first kappa shape index (κ1) is 21.6. The number of ether oxygens (including phenoxy) is 1. The number of aryl methyl sites for hydroxylation is 1. The van der Waals surface area contributed by atoms with Crippen molar-refractivity contribution in [2.24, 2.45) is 0 Å². The Morgan fingerprint density at radius 1 is 1.30 bits per heavy atom. The summed E-state index contributed by atoms with van der Waals surface area (Å²) >= 11 is 15.0. The molecule has 1 fully saturated rings. The summed E-state index contributed by atoms with van der Waals surface area (Å²) in [6.45, 7) is 3.52. The highest BCUT2D eigenvalue weighted by atomic mass is 35.5. The van der Waals surface area contributed by atoms with Gasteiger partial charge in [0.25, 0.3) is 0 Å². The third-order valence-electron chi connectivity index (χ3n) is 4.59. The van der Waals surface area contributed by atoms with E-state index in [9.17, 15) is 4.79 Å². The van der Waals surface area contributed by atoms with E-state index in [-0.39, 0.29) is 17.8 Å². The predicted molar refractivity (Wildman–Crippen MR) is 123 cm³/mol. The average Bonchev–Trinajstić information content (AvgIpc) is 3.41. The van der Waals surface area contributed by atoms with E-state index < -0.39 is 0 Å². The number of rotatable bonds is 7. The highest BCUT2D eigenvalue weighted by molar-refractivity contribution is 7.99. The van der Waals surface area contributed by atoms with Crippen LogP contribution in [0.15, 0.2) is 34.8 Å². The van der Waals surface area contributed by atoms with Crippen LogP contribution in [0.3, 0.4) is 0 Å². The molecule has 2 aromatic heterocycles. The number of benzene rings is 1. The minimum atomic E-state index is -0.169. The summed E-state index contributed by atoms with van der Waals surface area (Å²) in [4.78, 5) is 13.7. The van der Waals surface area contributed by atoms with Crippen LogP contribution in [0.1, 0.15) is 17.7 Å². The molecule has 1 aromatic carbocycles. The third-order valence-corrected chi connectivity index (χ3v) is 6.86. The lowest BCUT2D eigenvalue weighted by Gasteiger charge is -2.14. The normalized spacial score (nSPS) is 16.2. The first-order chi connectivity index (χ1) is 14.5. The summed E-state index contributed by atoms with van der Waals surface area (Å²) in [5.41, 5.74) is 1.60. The van der Waals surface area contributed by atoms with Gasteiger partial charge >= 0.3 is 0 Å². The van der Waals surface area contributed by atoms with Crippen molar-refractivity contribution in [1.29, 1.82) is 0 Å². The van der Waals surface area contributed by atoms with E-state index in [1.165, 1.54) is 16.6 Å². The molecule has 1 N–H and O–H groups in total. The van der Waals surface area contributed by atoms with Gasteiger partial charge in [-0.25, -0.2) is 0 Å². The Balaban J connectivity index is 1.48. The lowest BCUT2D eigenvalue weighted by Crippen LogP contribution is -2.18. The fourth-order valence-corrected chi connectivity index (χ4v) is 5.23. The van der Waals surface area contributed by atoms with Crippen molar-refractivity contribution in [3.05, 3.63) is 44.6 Å². The van der Waals surface area contributed by atoms with E-state index in [0.717, 1.165) is 30.8 Å². The number of hydrogen-bond donors (Lipinski definition) is 1. The van der Waals surface area contributed by atoms with E-state index in [1.807, 2.05) is 0 Å². The zero-order valence-electron chi connectivity index (χ0n) is 16.2. The molecule has 30 heavy (non-hydrogen) atoms. The number of hydrogen-bond acceptors (Lipinski definition) is 6. The van der Waals surface area contributed by atoms with Gasteiger partial charge in [-0.2, -0.15) is 0 Å². The fourth-order valence-electron chi connectivity index (χ4n) is 3.28. The van der Waals surface area contributed by atoms with Crippen molar-refractivity contribution in [1.82, 2.24) is 14.8 Å². The SMILES string of the molecule is Cc1cc(-c2nnc(SCC(=O)Nc3cc(Cl)cc(Cl)c3)n2CC2CCCO2)cs1. The number of anilines is 1. The van der Waals surface area contributed by atoms with E-state index in [4.69, 9.17) is 27.9 Å². The molecular weight excluding hydrogens is 463 g/mol. The summed E-state index contributed by atoms with van der Waals surface area (Å²) in [5.74, 6) is 0.827. The van der Waals surface area contributed by atoms with Gasteiger partial charge in [0, 0.05) is 38.2 Å². The second kappa shape index (κ2) is 9.70. The highest BCUT2D eigenvalue weighted by Crippen LogP contribution is 2.29. The standard InChI is InChI=1S/C20H20Cl2N4O2S2/c1-12-5-13(10-29-12)19-24-25-20(26(19)9-17-3-2-4-28-17)30-11-18(27)23-16-7-14(21)6-15(22)8-16/h5-8,10,17H,2-4,9,11H2,1H3,(H,23,27). The highest BCUT2D eigenvalue weighted by Gasteiger charge is 2.22. The van der Waals surface area contributed by atoms with Crippen LogP contribution in [-0.2, 0) is 16.1 Å². The van der Waals surface area contributed by atoms with E-state index >= 15 is 0 Å². The number of thiophene rings is 1. The van der Waals surface area contributed by atoms with Crippen LogP contribution < -0.4 is 5.32 Å². The van der Waals surface area contributed by atoms with E-state index in [2.05, 4.69) is 38.5 Å². The monoisotopic (exact) mass is 482 g/mol. The summed E-state index contributed by atoms with van der Waals surface area (Å²) in [6, 6.07) is 7.04. The van der Waals surface area contributed by atoms with Gasteiger partial charge in [0.05, 0.1) is 18.4 Å². The predicted octanol–water partition coefficient (Wildman–Crippen LogP) is 5.53. The number of amides is 1. The van der Waals surface area contributed by atoms with Crippen molar-refractivity contribution in [2.75, 3.05) is 17.7 Å². The van der Waals surface area contributed by atoms with Gasteiger partial charge in [-0.15, -0.1) is 21.5 Å². The second-order valence-corrected chi connectivity index (χ2v) is 9.92. The van der Waals surface area contributed by atoms with Gasteiger partial charge in [0.2, 0.25) is 5.91 Å². The molecule has 0 saturated carbocycles. The molecule has 1 aliphatic rings. The van der Waals surface area contributed by atoms with Gasteiger partial charge < -0.3 is 10.1 Å². The van der Waals surface area contributed by atoms with Crippen LogP contribution >= 0.6 is 46.3 Å². The topological polar surface area (TPSA) is 69.0 Å². The molecule has 1 unspecified atom stereocenters. The zero-order chi connectivity index (χ0) is 21.1. The molecule has 158 valence electrons. The minimum Gasteiger partial charge on any atom is -0.376 e. The summed E-state index contributed by atoms with van der Waals surface area (Å²) in [5, 5.41) is 15.3. The van der Waals surface area contributed by atoms with Crippen LogP contribution in [0.4, 0.5) is 5.69 Å². The maximum Gasteiger partial charge on any atom is 0.234 e. The van der Waals surface area contributed by atoms with Gasteiger partial charge in [-0.05, 0) is 44.0 Å². The number of carbonyl (C=O) groups excluding carboxylic acids is 1. The Kier molecular flexibility index (Phi) is 7.00. The quantitative estimate of drug-likeness (QED) is 0.448. The fraction of sp³-hybridized carbons (Fsp3) is 0.350. The van der Waals surface area contributed by atoms with E-state index in [1.54, 1.807) is 29.5 Å². The first-order valence-corrected chi connectivity index (χ1v) is 12.1. The van der Waals surface area contributed by atoms with Crippen molar-refractivity contribution >= 4 is 57.9 Å². The number of nitrogens with zero attached hydrogens (tertiary/aromatic N) is 3. The Morgan fingerprint density at radius 3 is 2.77 bits per heavy atom. The molecular formula is C20H20Cl2N4O2S2. The Bertz CT molecular complexity index is 1030. The molecule has 10 heteroatoms. The van der Waals surface area contributed by atoms with Crippen LogP contribution in [-0.4, -0.2) is 39.1 Å². The maximum atomic E-state index is 12.4. The minimum absolute atomic E-state index is 0.140. The smallest absolute Gasteiger partial charge is 0.234 e. The molecule has 0 spiro atoms. The molecule has 1 amide bonds. The molecule has 1 atom stereocenters. The summed E-state index contributed by atoms with van der Waals surface area (Å²) < 4.78 is 7.88. The van der Waals surface area contributed by atoms with Crippen LogP contribution in [0, 0.1) is 6.92 Å². The lowest BCUT2D eigenvalue weighted by atomic mass is 10.2. The Hall–Kier alpha value is -1.58. The molecule has 6 nitrogen and oxygen atoms in total. The molecule has 0 bridgehead atoms. The van der Waals surface area contributed by atoms with Crippen LogP contribution in [0.5, 0.6) is 0 Å². The number of nitrogens with one attached hydrogen (secondary N) is 1. The largest absolute Gasteiger partial charge is 0.376 e. The van der Waals surface area contributed by atoms with Gasteiger partial charge in [-0.3, -0.25) is 9.36 Å². The molecule has 3 aromatic rings. The summed E-state index contributed by atoms with van der Waals surface area (Å²) in [7, 11) is 0. The first-order valence-electron chi connectivity index (χ1n) is 9.47. The van der Waals surface area contributed by atoms with Crippen molar-refractivity contribution in [3.63, 3.8) is 0 Å². The number of halogens is 2. The molecule has 4 rings (SSSR count). The lowest BCUT2D eigenvalue weighted by molar-refractivity contribution is -0.113. The number of carbonyl (C=O) groups is 1. The number of thioether (sulfide) groups is 1. The average molecular weight is 483 g/mol. The molecule has 1 aliphatic heterocycles. The third kappa shape index (κ3) is 5.36. The molecule has 3 heterocycles. The zero-order valence-corrected chi connectivity index (χ0v) is 19.4. The molecule has 0 radical (unpaired) electrons. The van der Waals surface area contributed by atoms with Crippen molar-refractivity contribution < 1.29 is 9.53 Å².